The summed E-state index contributed by atoms with van der Waals surface area (Å²) in [6.45, 7) is 1.05. The van der Waals surface area contributed by atoms with Crippen molar-refractivity contribution in [2.24, 2.45) is 5.92 Å². The second-order valence-corrected chi connectivity index (χ2v) is 7.22. The van der Waals surface area contributed by atoms with Crippen molar-refractivity contribution in [2.45, 2.75) is 25.8 Å². The zero-order chi connectivity index (χ0) is 19.0. The highest BCUT2D eigenvalue weighted by Crippen LogP contribution is 2.34. The summed E-state index contributed by atoms with van der Waals surface area (Å²) in [5, 5.41) is 1.18. The number of nitrogens with two attached hydrogens (primary N) is 1. The van der Waals surface area contributed by atoms with Crippen molar-refractivity contribution in [1.29, 1.82) is 0 Å². The number of carbonyl (C=O) groups is 1. The number of aromatic nitrogens is 1. The van der Waals surface area contributed by atoms with Crippen LogP contribution in [0.1, 0.15) is 34.3 Å². The fourth-order valence-corrected chi connectivity index (χ4v) is 3.60. The van der Waals surface area contributed by atoms with Crippen molar-refractivity contribution in [3.8, 4) is 5.75 Å². The number of benzene rings is 2. The predicted molar refractivity (Wildman–Crippen MR) is 106 cm³/mol. The highest BCUT2D eigenvalue weighted by molar-refractivity contribution is 5.90. The fraction of sp³-hybridized carbons (Fsp3) is 0.318. The van der Waals surface area contributed by atoms with E-state index in [1.807, 2.05) is 18.2 Å². The summed E-state index contributed by atoms with van der Waals surface area (Å²) >= 11 is 0. The normalized spacial score (nSPS) is 13.7. The molecule has 0 amide bonds. The Balaban J connectivity index is 1.72. The number of esters is 1. The summed E-state index contributed by atoms with van der Waals surface area (Å²) in [5.41, 5.74) is 10.8. The molecule has 0 saturated heterocycles. The zero-order valence-corrected chi connectivity index (χ0v) is 15.7. The maximum atomic E-state index is 11.8. The third-order valence-corrected chi connectivity index (χ3v) is 5.23. The van der Waals surface area contributed by atoms with Gasteiger partial charge in [-0.3, -0.25) is 0 Å². The van der Waals surface area contributed by atoms with Gasteiger partial charge in [0.25, 0.3) is 0 Å². The highest BCUT2D eigenvalue weighted by Gasteiger charge is 2.23. The molecule has 1 fully saturated rings. The Labute approximate surface area is 158 Å². The number of ether oxygens (including phenoxy) is 2. The van der Waals surface area contributed by atoms with E-state index in [2.05, 4.69) is 16.8 Å². The van der Waals surface area contributed by atoms with Gasteiger partial charge in [0.05, 0.1) is 19.8 Å². The van der Waals surface area contributed by atoms with Crippen LogP contribution in [0.25, 0.3) is 10.9 Å². The third-order valence-electron chi connectivity index (χ3n) is 5.23. The maximum Gasteiger partial charge on any atom is 0.337 e. The number of fused-ring (bicyclic) bond motifs is 1. The molecule has 1 heterocycles. The van der Waals surface area contributed by atoms with E-state index in [0.29, 0.717) is 17.7 Å². The summed E-state index contributed by atoms with van der Waals surface area (Å²) in [5.74, 6) is 1.11. The Morgan fingerprint density at radius 1 is 1.15 bits per heavy atom. The van der Waals surface area contributed by atoms with Gasteiger partial charge in [-0.05, 0) is 60.2 Å². The van der Waals surface area contributed by atoms with Gasteiger partial charge in [0.1, 0.15) is 5.75 Å². The molecule has 1 aliphatic carbocycles. The molecule has 0 spiro atoms. The number of anilines is 1. The minimum absolute atomic E-state index is 0.367. The van der Waals surface area contributed by atoms with Crippen LogP contribution in [-0.2, 0) is 17.7 Å². The first-order valence-corrected chi connectivity index (χ1v) is 9.21. The number of nitrogen functional groups attached to an aromatic ring is 1. The number of nitrogens with zero attached hydrogens (tertiary/aromatic N) is 1. The Morgan fingerprint density at radius 3 is 2.67 bits per heavy atom. The van der Waals surface area contributed by atoms with Crippen LogP contribution in [0.3, 0.4) is 0 Å². The molecule has 1 saturated carbocycles. The Hall–Kier alpha value is -2.95. The Bertz CT molecular complexity index is 1000. The molecule has 0 aliphatic heterocycles. The quantitative estimate of drug-likeness (QED) is 0.530. The van der Waals surface area contributed by atoms with Crippen LogP contribution < -0.4 is 10.5 Å². The molecular formula is C22H24N2O3. The molecule has 0 radical (unpaired) electrons. The van der Waals surface area contributed by atoms with E-state index < -0.39 is 0 Å². The van der Waals surface area contributed by atoms with E-state index in [1.54, 1.807) is 19.2 Å². The molecule has 5 nitrogen and oxygen atoms in total. The van der Waals surface area contributed by atoms with Gasteiger partial charge in [-0.2, -0.15) is 0 Å². The van der Waals surface area contributed by atoms with Gasteiger partial charge < -0.3 is 19.8 Å². The van der Waals surface area contributed by atoms with Gasteiger partial charge in [-0.25, -0.2) is 4.79 Å². The van der Waals surface area contributed by atoms with Gasteiger partial charge >= 0.3 is 5.97 Å². The lowest BCUT2D eigenvalue weighted by Gasteiger charge is -2.10. The molecule has 1 aliphatic rings. The summed E-state index contributed by atoms with van der Waals surface area (Å²) in [6, 6.07) is 11.6. The van der Waals surface area contributed by atoms with Crippen LogP contribution in [0.15, 0.2) is 42.6 Å². The molecule has 1 aromatic heterocycles. The first-order valence-electron chi connectivity index (χ1n) is 9.21. The van der Waals surface area contributed by atoms with Crippen LogP contribution in [0.2, 0.25) is 0 Å². The first-order chi connectivity index (χ1) is 13.1. The second-order valence-electron chi connectivity index (χ2n) is 7.22. The SMILES string of the molecule is COC(=O)c1ccc(Cc2cn(CC3CC3)c3ccc(N)cc23)c(OC)c1. The number of rotatable bonds is 6. The summed E-state index contributed by atoms with van der Waals surface area (Å²) in [4.78, 5) is 11.8. The summed E-state index contributed by atoms with van der Waals surface area (Å²) in [7, 11) is 3.00. The molecule has 27 heavy (non-hydrogen) atoms. The van der Waals surface area contributed by atoms with E-state index in [1.165, 1.54) is 36.4 Å². The molecule has 2 N–H and O–H groups in total. The lowest BCUT2D eigenvalue weighted by Crippen LogP contribution is -2.03. The van der Waals surface area contributed by atoms with Crippen molar-refractivity contribution in [1.82, 2.24) is 4.57 Å². The van der Waals surface area contributed by atoms with Crippen LogP contribution in [-0.4, -0.2) is 24.8 Å². The predicted octanol–water partition coefficient (Wildman–Crippen LogP) is 4.02. The van der Waals surface area contributed by atoms with Crippen molar-refractivity contribution < 1.29 is 14.3 Å². The minimum atomic E-state index is -0.367. The molecule has 0 atom stereocenters. The van der Waals surface area contributed by atoms with Gasteiger partial charge in [-0.15, -0.1) is 0 Å². The van der Waals surface area contributed by atoms with Crippen molar-refractivity contribution in [2.75, 3.05) is 20.0 Å². The van der Waals surface area contributed by atoms with Gasteiger partial charge in [0.2, 0.25) is 0 Å². The van der Waals surface area contributed by atoms with E-state index in [0.717, 1.165) is 23.7 Å². The van der Waals surface area contributed by atoms with Crippen molar-refractivity contribution >= 4 is 22.6 Å². The van der Waals surface area contributed by atoms with E-state index in [9.17, 15) is 4.79 Å². The topological polar surface area (TPSA) is 66.5 Å². The maximum absolute atomic E-state index is 11.8. The van der Waals surface area contributed by atoms with Gasteiger partial charge in [0.15, 0.2) is 0 Å². The average Bonchev–Trinajstić information content (AvgIpc) is 3.44. The fourth-order valence-electron chi connectivity index (χ4n) is 3.60. The van der Waals surface area contributed by atoms with Crippen LogP contribution >= 0.6 is 0 Å². The summed E-state index contributed by atoms with van der Waals surface area (Å²) < 4.78 is 12.7. The highest BCUT2D eigenvalue weighted by atomic mass is 16.5. The number of methoxy groups -OCH3 is 2. The average molecular weight is 364 g/mol. The van der Waals surface area contributed by atoms with E-state index >= 15 is 0 Å². The largest absolute Gasteiger partial charge is 0.496 e. The second kappa shape index (κ2) is 6.99. The molecule has 0 unspecified atom stereocenters. The standard InChI is InChI=1S/C22H24N2O3/c1-26-21-10-16(22(25)27-2)6-5-15(21)9-17-13-24(12-14-3-4-14)20-8-7-18(23)11-19(17)20/h5-8,10-11,13-14H,3-4,9,12,23H2,1-2H3. The van der Waals surface area contributed by atoms with Crippen LogP contribution in [0.4, 0.5) is 5.69 Å². The molecule has 4 rings (SSSR count). The van der Waals surface area contributed by atoms with Crippen molar-refractivity contribution in [3.63, 3.8) is 0 Å². The third kappa shape index (κ3) is 3.50. The van der Waals surface area contributed by atoms with Gasteiger partial charge in [-0.1, -0.05) is 6.07 Å². The Kier molecular flexibility index (Phi) is 4.52. The van der Waals surface area contributed by atoms with Gasteiger partial charge in [0, 0.05) is 35.8 Å². The Morgan fingerprint density at radius 2 is 1.96 bits per heavy atom. The van der Waals surface area contributed by atoms with Crippen molar-refractivity contribution in [3.05, 3.63) is 59.3 Å². The molecule has 0 bridgehead atoms. The zero-order valence-electron chi connectivity index (χ0n) is 15.7. The molecule has 5 heteroatoms. The monoisotopic (exact) mass is 364 g/mol. The molecular weight excluding hydrogens is 340 g/mol. The lowest BCUT2D eigenvalue weighted by molar-refractivity contribution is 0.0600. The minimum Gasteiger partial charge on any atom is -0.496 e. The van der Waals surface area contributed by atoms with E-state index in [4.69, 9.17) is 15.2 Å². The number of hydrogen-bond donors (Lipinski definition) is 1. The number of hydrogen-bond acceptors (Lipinski definition) is 4. The molecule has 140 valence electrons. The number of carbonyl (C=O) groups excluding carboxylic acids is 1. The smallest absolute Gasteiger partial charge is 0.337 e. The summed E-state index contributed by atoms with van der Waals surface area (Å²) in [6.07, 6.45) is 5.57. The van der Waals surface area contributed by atoms with Crippen LogP contribution in [0, 0.1) is 5.92 Å². The molecule has 3 aromatic rings. The lowest BCUT2D eigenvalue weighted by atomic mass is 10.0. The van der Waals surface area contributed by atoms with Crippen LogP contribution in [0.5, 0.6) is 5.75 Å². The van der Waals surface area contributed by atoms with E-state index in [-0.39, 0.29) is 5.97 Å². The first kappa shape index (κ1) is 17.5. The molecule has 2 aromatic carbocycles.